The summed E-state index contributed by atoms with van der Waals surface area (Å²) in [7, 11) is 0. The molecule has 0 aliphatic heterocycles. The van der Waals surface area contributed by atoms with E-state index in [9.17, 15) is 4.79 Å². The van der Waals surface area contributed by atoms with Crippen LogP contribution in [-0.4, -0.2) is 5.91 Å². The summed E-state index contributed by atoms with van der Waals surface area (Å²) in [6.45, 7) is 2.01. The standard InChI is InChI=1S/C19H24ClNO/c1-12-2-3-16(20)7-17(12)21-18(22)11-19-8-13-4-14(9-19)6-15(5-13)10-19/h2-3,7,13-15H,4-6,8-11H2,1H3,(H,21,22). The van der Waals surface area contributed by atoms with Gasteiger partial charge in [-0.15, -0.1) is 0 Å². The van der Waals surface area contributed by atoms with Crippen molar-refractivity contribution >= 4 is 23.2 Å². The number of aryl methyl sites for hydroxylation is 1. The largest absolute Gasteiger partial charge is 0.326 e. The van der Waals surface area contributed by atoms with Crippen LogP contribution in [0, 0.1) is 30.1 Å². The lowest BCUT2D eigenvalue weighted by atomic mass is 9.49. The molecule has 1 amide bonds. The van der Waals surface area contributed by atoms with E-state index in [0.717, 1.165) is 29.0 Å². The molecule has 4 aliphatic rings. The highest BCUT2D eigenvalue weighted by atomic mass is 35.5. The number of carbonyl (C=O) groups excluding carboxylic acids is 1. The second-order valence-electron chi connectivity index (χ2n) is 8.10. The maximum Gasteiger partial charge on any atom is 0.224 e. The summed E-state index contributed by atoms with van der Waals surface area (Å²) in [5.74, 6) is 2.86. The molecule has 3 heteroatoms. The van der Waals surface area contributed by atoms with Gasteiger partial charge in [-0.2, -0.15) is 0 Å². The van der Waals surface area contributed by atoms with Gasteiger partial charge in [0.1, 0.15) is 0 Å². The lowest BCUT2D eigenvalue weighted by Gasteiger charge is -2.56. The maximum absolute atomic E-state index is 12.6. The summed E-state index contributed by atoms with van der Waals surface area (Å²) >= 11 is 6.05. The van der Waals surface area contributed by atoms with Crippen LogP contribution < -0.4 is 5.32 Å². The van der Waals surface area contributed by atoms with Crippen LogP contribution in [0.25, 0.3) is 0 Å². The summed E-state index contributed by atoms with van der Waals surface area (Å²) < 4.78 is 0. The third kappa shape index (κ3) is 2.67. The molecule has 0 radical (unpaired) electrons. The zero-order chi connectivity index (χ0) is 15.3. The first-order valence-corrected chi connectivity index (χ1v) is 8.95. The number of benzene rings is 1. The van der Waals surface area contributed by atoms with Crippen LogP contribution >= 0.6 is 11.6 Å². The van der Waals surface area contributed by atoms with Crippen LogP contribution in [0.4, 0.5) is 5.69 Å². The second-order valence-corrected chi connectivity index (χ2v) is 8.54. The molecule has 22 heavy (non-hydrogen) atoms. The maximum atomic E-state index is 12.6. The van der Waals surface area contributed by atoms with Gasteiger partial charge in [0.2, 0.25) is 5.91 Å². The normalized spacial score (nSPS) is 35.6. The number of halogens is 1. The SMILES string of the molecule is Cc1ccc(Cl)cc1NC(=O)CC12CC3CC(CC(C3)C1)C2. The topological polar surface area (TPSA) is 29.1 Å². The number of carbonyl (C=O) groups is 1. The molecule has 0 aromatic heterocycles. The first-order chi connectivity index (χ1) is 10.5. The Labute approximate surface area is 137 Å². The molecule has 0 unspecified atom stereocenters. The van der Waals surface area contributed by atoms with Gasteiger partial charge in [0.25, 0.3) is 0 Å². The highest BCUT2D eigenvalue weighted by molar-refractivity contribution is 6.31. The van der Waals surface area contributed by atoms with E-state index in [0.29, 0.717) is 16.9 Å². The summed E-state index contributed by atoms with van der Waals surface area (Å²) in [5.41, 5.74) is 2.23. The molecule has 0 atom stereocenters. The Morgan fingerprint density at radius 2 is 1.77 bits per heavy atom. The molecule has 0 saturated heterocycles. The van der Waals surface area contributed by atoms with Crippen molar-refractivity contribution in [3.63, 3.8) is 0 Å². The Hall–Kier alpha value is -1.02. The predicted molar refractivity (Wildman–Crippen MR) is 90.0 cm³/mol. The van der Waals surface area contributed by atoms with Crippen molar-refractivity contribution in [3.05, 3.63) is 28.8 Å². The van der Waals surface area contributed by atoms with Gasteiger partial charge in [-0.05, 0) is 86.3 Å². The zero-order valence-electron chi connectivity index (χ0n) is 13.2. The molecular weight excluding hydrogens is 294 g/mol. The van der Waals surface area contributed by atoms with E-state index in [-0.39, 0.29) is 5.91 Å². The van der Waals surface area contributed by atoms with Crippen molar-refractivity contribution in [2.45, 2.75) is 51.9 Å². The fourth-order valence-electron chi connectivity index (χ4n) is 5.77. The lowest BCUT2D eigenvalue weighted by molar-refractivity contribution is -0.124. The van der Waals surface area contributed by atoms with Crippen LogP contribution in [0.2, 0.25) is 5.02 Å². The highest BCUT2D eigenvalue weighted by Gasteiger charge is 2.51. The Kier molecular flexibility index (Phi) is 3.48. The van der Waals surface area contributed by atoms with Crippen molar-refractivity contribution in [2.24, 2.45) is 23.2 Å². The molecule has 5 rings (SSSR count). The fraction of sp³-hybridized carbons (Fsp3) is 0.632. The summed E-state index contributed by atoms with van der Waals surface area (Å²) in [6.07, 6.45) is 8.81. The van der Waals surface area contributed by atoms with Gasteiger partial charge >= 0.3 is 0 Å². The minimum Gasteiger partial charge on any atom is -0.326 e. The molecule has 1 aromatic rings. The molecule has 1 aromatic carbocycles. The average molecular weight is 318 g/mol. The van der Waals surface area contributed by atoms with Gasteiger partial charge in [-0.3, -0.25) is 4.79 Å². The monoisotopic (exact) mass is 317 g/mol. The van der Waals surface area contributed by atoms with Crippen LogP contribution in [0.5, 0.6) is 0 Å². The smallest absolute Gasteiger partial charge is 0.224 e. The molecule has 0 spiro atoms. The Morgan fingerprint density at radius 3 is 2.36 bits per heavy atom. The van der Waals surface area contributed by atoms with E-state index in [1.807, 2.05) is 25.1 Å². The van der Waals surface area contributed by atoms with E-state index in [4.69, 9.17) is 11.6 Å². The summed E-state index contributed by atoms with van der Waals surface area (Å²) in [4.78, 5) is 12.6. The van der Waals surface area contributed by atoms with Crippen LogP contribution in [0.1, 0.15) is 50.5 Å². The number of amides is 1. The molecular formula is C19H24ClNO. The number of hydrogen-bond acceptors (Lipinski definition) is 1. The van der Waals surface area contributed by atoms with Crippen molar-refractivity contribution < 1.29 is 4.79 Å². The number of hydrogen-bond donors (Lipinski definition) is 1. The van der Waals surface area contributed by atoms with Crippen LogP contribution in [-0.2, 0) is 4.79 Å². The zero-order valence-corrected chi connectivity index (χ0v) is 14.0. The molecule has 4 fully saturated rings. The number of anilines is 1. The summed E-state index contributed by atoms with van der Waals surface area (Å²) in [6, 6.07) is 5.68. The fourth-order valence-corrected chi connectivity index (χ4v) is 5.94. The quantitative estimate of drug-likeness (QED) is 0.816. The van der Waals surface area contributed by atoms with Gasteiger partial charge in [0.05, 0.1) is 0 Å². The first kappa shape index (κ1) is 14.6. The van der Waals surface area contributed by atoms with Crippen molar-refractivity contribution in [3.8, 4) is 0 Å². The van der Waals surface area contributed by atoms with Crippen molar-refractivity contribution in [1.29, 1.82) is 0 Å². The lowest BCUT2D eigenvalue weighted by Crippen LogP contribution is -2.47. The van der Waals surface area contributed by atoms with Gasteiger partial charge in [-0.1, -0.05) is 17.7 Å². The molecule has 0 heterocycles. The van der Waals surface area contributed by atoms with E-state index < -0.39 is 0 Å². The molecule has 4 bridgehead atoms. The molecule has 2 nitrogen and oxygen atoms in total. The third-order valence-corrected chi connectivity index (χ3v) is 6.41. The van der Waals surface area contributed by atoms with E-state index >= 15 is 0 Å². The Bertz CT molecular complexity index is 574. The van der Waals surface area contributed by atoms with Crippen molar-refractivity contribution in [2.75, 3.05) is 5.32 Å². The highest BCUT2D eigenvalue weighted by Crippen LogP contribution is 2.61. The van der Waals surface area contributed by atoms with Crippen molar-refractivity contribution in [1.82, 2.24) is 0 Å². The van der Waals surface area contributed by atoms with Gasteiger partial charge in [-0.25, -0.2) is 0 Å². The molecule has 118 valence electrons. The number of rotatable bonds is 3. The third-order valence-electron chi connectivity index (χ3n) is 6.17. The predicted octanol–water partition coefficient (Wildman–Crippen LogP) is 5.19. The van der Waals surface area contributed by atoms with Gasteiger partial charge < -0.3 is 5.32 Å². The van der Waals surface area contributed by atoms with E-state index in [2.05, 4.69) is 5.32 Å². The van der Waals surface area contributed by atoms with Gasteiger partial charge in [0.15, 0.2) is 0 Å². The van der Waals surface area contributed by atoms with Gasteiger partial charge in [0, 0.05) is 17.1 Å². The molecule has 4 saturated carbocycles. The average Bonchev–Trinajstić information content (AvgIpc) is 2.40. The number of nitrogens with one attached hydrogen (secondary N) is 1. The minimum atomic E-state index is 0.173. The Morgan fingerprint density at radius 1 is 1.18 bits per heavy atom. The second kappa shape index (κ2) is 5.26. The minimum absolute atomic E-state index is 0.173. The van der Waals surface area contributed by atoms with Crippen LogP contribution in [0.15, 0.2) is 18.2 Å². The van der Waals surface area contributed by atoms with E-state index in [1.165, 1.54) is 38.5 Å². The molecule has 1 N–H and O–H groups in total. The van der Waals surface area contributed by atoms with E-state index in [1.54, 1.807) is 0 Å². The molecule has 4 aliphatic carbocycles. The first-order valence-electron chi connectivity index (χ1n) is 8.57. The summed E-state index contributed by atoms with van der Waals surface area (Å²) in [5, 5.41) is 3.78. The van der Waals surface area contributed by atoms with Crippen LogP contribution in [0.3, 0.4) is 0 Å². The Balaban J connectivity index is 1.47.